The van der Waals surface area contributed by atoms with E-state index in [2.05, 4.69) is 4.98 Å². The van der Waals surface area contributed by atoms with Gasteiger partial charge in [0, 0.05) is 18.6 Å². The van der Waals surface area contributed by atoms with Gasteiger partial charge in [-0.05, 0) is 48.0 Å². The molecule has 4 aromatic rings. The molecule has 0 spiro atoms. The topological polar surface area (TPSA) is 105 Å². The molecule has 1 heterocycles. The van der Waals surface area contributed by atoms with E-state index in [0.717, 1.165) is 10.4 Å². The molecule has 1 N–H and O–H groups in total. The van der Waals surface area contributed by atoms with Gasteiger partial charge in [-0.1, -0.05) is 41.9 Å². The molecular weight excluding hydrogens is 486 g/mol. The molecule has 1 amide bonds. The van der Waals surface area contributed by atoms with Crippen LogP contribution in [0.15, 0.2) is 77.2 Å². The predicted octanol–water partition coefficient (Wildman–Crippen LogP) is 5.08. The van der Waals surface area contributed by atoms with Gasteiger partial charge in [-0.3, -0.25) is 9.69 Å². The molecule has 3 aromatic carbocycles. The summed E-state index contributed by atoms with van der Waals surface area (Å²) in [5.74, 6) is -0.354. The standard InChI is InChI=1S/C26H24ClN3O6/c1-29(25-28-22-10-2-3-11-23(22)36-25)12-13-34-20-8-4-6-18(14-20)16-30(17-24(31)32)26(33)35-21-9-5-7-19(27)15-21/h2-11,14-15H,12-13,16-17H2,1H3,(H,31,32). The Hall–Kier alpha value is -4.24. The summed E-state index contributed by atoms with van der Waals surface area (Å²) < 4.78 is 16.9. The molecule has 0 saturated heterocycles. The van der Waals surface area contributed by atoms with Crippen molar-refractivity contribution in [3.05, 3.63) is 83.4 Å². The number of benzene rings is 3. The zero-order valence-corrected chi connectivity index (χ0v) is 20.2. The summed E-state index contributed by atoms with van der Waals surface area (Å²) in [4.78, 5) is 31.4. The van der Waals surface area contributed by atoms with Gasteiger partial charge < -0.3 is 23.9 Å². The first-order valence-corrected chi connectivity index (χ1v) is 11.5. The van der Waals surface area contributed by atoms with E-state index >= 15 is 0 Å². The lowest BCUT2D eigenvalue weighted by molar-refractivity contribution is -0.138. The maximum atomic E-state index is 12.6. The van der Waals surface area contributed by atoms with Crippen molar-refractivity contribution in [1.29, 1.82) is 0 Å². The second-order valence-electron chi connectivity index (χ2n) is 7.96. The summed E-state index contributed by atoms with van der Waals surface area (Å²) in [5, 5.41) is 9.67. The van der Waals surface area contributed by atoms with Crippen molar-refractivity contribution in [2.45, 2.75) is 6.54 Å². The number of para-hydroxylation sites is 2. The lowest BCUT2D eigenvalue weighted by Crippen LogP contribution is -2.37. The first kappa shape index (κ1) is 24.9. The predicted molar refractivity (Wildman–Crippen MR) is 135 cm³/mol. The zero-order chi connectivity index (χ0) is 25.5. The van der Waals surface area contributed by atoms with Crippen molar-refractivity contribution in [3.8, 4) is 11.5 Å². The van der Waals surface area contributed by atoms with E-state index < -0.39 is 18.6 Å². The molecule has 0 bridgehead atoms. The largest absolute Gasteiger partial charge is 0.492 e. The van der Waals surface area contributed by atoms with Crippen LogP contribution in [0.3, 0.4) is 0 Å². The fourth-order valence-electron chi connectivity index (χ4n) is 3.42. The summed E-state index contributed by atoms with van der Waals surface area (Å²) in [6, 6.07) is 21.4. The smallest absolute Gasteiger partial charge is 0.416 e. The van der Waals surface area contributed by atoms with E-state index in [-0.39, 0.29) is 12.3 Å². The third kappa shape index (κ3) is 6.67. The molecular formula is C26H24ClN3O6. The van der Waals surface area contributed by atoms with Crippen molar-refractivity contribution in [2.75, 3.05) is 31.6 Å². The number of likely N-dealkylation sites (N-methyl/N-ethyl adjacent to an activating group) is 1. The molecule has 9 nitrogen and oxygen atoms in total. The molecule has 0 unspecified atom stereocenters. The average molecular weight is 510 g/mol. The van der Waals surface area contributed by atoms with Crippen LogP contribution in [0.4, 0.5) is 10.8 Å². The number of anilines is 1. The molecule has 10 heteroatoms. The lowest BCUT2D eigenvalue weighted by atomic mass is 10.2. The number of hydrogen-bond donors (Lipinski definition) is 1. The Morgan fingerprint density at radius 3 is 2.58 bits per heavy atom. The highest BCUT2D eigenvalue weighted by Gasteiger charge is 2.20. The van der Waals surface area contributed by atoms with Crippen LogP contribution in [0.2, 0.25) is 5.02 Å². The number of aromatic nitrogens is 1. The number of carboxylic acid groups (broad SMARTS) is 1. The summed E-state index contributed by atoms with van der Waals surface area (Å²) in [5.41, 5.74) is 2.18. The van der Waals surface area contributed by atoms with Crippen molar-refractivity contribution in [1.82, 2.24) is 9.88 Å². The van der Waals surface area contributed by atoms with Crippen molar-refractivity contribution in [3.63, 3.8) is 0 Å². The fraction of sp³-hybridized carbons (Fsp3) is 0.192. The maximum Gasteiger partial charge on any atom is 0.416 e. The Labute approximate surface area is 212 Å². The van der Waals surface area contributed by atoms with Gasteiger partial charge in [0.05, 0.1) is 6.54 Å². The van der Waals surface area contributed by atoms with E-state index in [1.807, 2.05) is 36.2 Å². The van der Waals surface area contributed by atoms with Crippen molar-refractivity contribution >= 4 is 40.8 Å². The minimum atomic E-state index is -1.16. The van der Waals surface area contributed by atoms with Gasteiger partial charge in [0.25, 0.3) is 6.01 Å². The Bertz CT molecular complexity index is 1330. The fourth-order valence-corrected chi connectivity index (χ4v) is 3.60. The molecule has 0 aliphatic carbocycles. The number of nitrogens with zero attached hydrogens (tertiary/aromatic N) is 3. The van der Waals surface area contributed by atoms with Crippen LogP contribution >= 0.6 is 11.6 Å². The van der Waals surface area contributed by atoms with Crippen LogP contribution in [0.25, 0.3) is 11.1 Å². The highest BCUT2D eigenvalue weighted by Crippen LogP contribution is 2.22. The molecule has 0 saturated carbocycles. The number of halogens is 1. The molecule has 0 fully saturated rings. The van der Waals surface area contributed by atoms with E-state index in [1.54, 1.807) is 42.5 Å². The van der Waals surface area contributed by atoms with E-state index in [1.165, 1.54) is 6.07 Å². The van der Waals surface area contributed by atoms with Crippen LogP contribution in [-0.2, 0) is 11.3 Å². The van der Waals surface area contributed by atoms with Gasteiger partial charge in [0.1, 0.15) is 30.2 Å². The number of carbonyl (C=O) groups excluding carboxylic acids is 1. The number of amides is 1. The number of fused-ring (bicyclic) bond motifs is 1. The minimum absolute atomic E-state index is 0.0195. The number of carboxylic acids is 1. The number of hydrogen-bond acceptors (Lipinski definition) is 7. The highest BCUT2D eigenvalue weighted by molar-refractivity contribution is 6.30. The van der Waals surface area contributed by atoms with Crippen molar-refractivity contribution < 1.29 is 28.6 Å². The van der Waals surface area contributed by atoms with Crippen LogP contribution in [0.1, 0.15) is 5.56 Å². The Morgan fingerprint density at radius 2 is 1.81 bits per heavy atom. The number of carbonyl (C=O) groups is 2. The third-order valence-electron chi connectivity index (χ3n) is 5.16. The van der Waals surface area contributed by atoms with Crippen LogP contribution < -0.4 is 14.4 Å². The van der Waals surface area contributed by atoms with Crippen LogP contribution in [-0.4, -0.2) is 53.8 Å². The molecule has 4 rings (SSSR count). The number of ether oxygens (including phenoxy) is 2. The quantitative estimate of drug-likeness (QED) is 0.315. The van der Waals surface area contributed by atoms with Gasteiger partial charge in [-0.15, -0.1) is 0 Å². The first-order valence-electron chi connectivity index (χ1n) is 11.1. The average Bonchev–Trinajstić information content (AvgIpc) is 3.28. The minimum Gasteiger partial charge on any atom is -0.492 e. The molecule has 186 valence electrons. The molecule has 0 atom stereocenters. The van der Waals surface area contributed by atoms with E-state index in [0.29, 0.717) is 41.1 Å². The normalized spacial score (nSPS) is 10.7. The molecule has 1 aromatic heterocycles. The van der Waals surface area contributed by atoms with Crippen molar-refractivity contribution in [2.24, 2.45) is 0 Å². The number of oxazole rings is 1. The van der Waals surface area contributed by atoms with Gasteiger partial charge in [0.15, 0.2) is 5.58 Å². The van der Waals surface area contributed by atoms with E-state index in [9.17, 15) is 14.7 Å². The second kappa shape index (κ2) is 11.5. The summed E-state index contributed by atoms with van der Waals surface area (Å²) in [7, 11) is 1.86. The number of aliphatic carboxylic acids is 1. The maximum absolute atomic E-state index is 12.6. The van der Waals surface area contributed by atoms with E-state index in [4.69, 9.17) is 25.5 Å². The molecule has 0 radical (unpaired) electrons. The molecule has 36 heavy (non-hydrogen) atoms. The Balaban J connectivity index is 1.35. The monoisotopic (exact) mass is 509 g/mol. The van der Waals surface area contributed by atoms with Crippen LogP contribution in [0, 0.1) is 0 Å². The van der Waals surface area contributed by atoms with Gasteiger partial charge in [0.2, 0.25) is 0 Å². The second-order valence-corrected chi connectivity index (χ2v) is 8.39. The first-order chi connectivity index (χ1) is 17.4. The van der Waals surface area contributed by atoms with Gasteiger partial charge in [-0.25, -0.2) is 4.79 Å². The lowest BCUT2D eigenvalue weighted by Gasteiger charge is -2.21. The highest BCUT2D eigenvalue weighted by atomic mass is 35.5. The summed E-state index contributed by atoms with van der Waals surface area (Å²) in [6.07, 6.45) is -0.800. The van der Waals surface area contributed by atoms with Gasteiger partial charge in [-0.2, -0.15) is 4.98 Å². The SMILES string of the molecule is CN(CCOc1cccc(CN(CC(=O)O)C(=O)Oc2cccc(Cl)c2)c1)c1nc2ccccc2o1. The Kier molecular flexibility index (Phi) is 7.92. The zero-order valence-electron chi connectivity index (χ0n) is 19.5. The number of rotatable bonds is 10. The van der Waals surface area contributed by atoms with Crippen LogP contribution in [0.5, 0.6) is 11.5 Å². The Morgan fingerprint density at radius 1 is 1.03 bits per heavy atom. The summed E-state index contributed by atoms with van der Waals surface area (Å²) >= 11 is 5.93. The molecule has 0 aliphatic heterocycles. The van der Waals surface area contributed by atoms with Gasteiger partial charge >= 0.3 is 12.1 Å². The summed E-state index contributed by atoms with van der Waals surface area (Å²) in [6.45, 7) is 0.369. The third-order valence-corrected chi connectivity index (χ3v) is 5.40. The molecule has 0 aliphatic rings.